The first-order chi connectivity index (χ1) is 46.5. The molecule has 19 heteroatoms. The van der Waals surface area contributed by atoms with Crippen LogP contribution < -0.4 is 25.8 Å². The van der Waals surface area contributed by atoms with Crippen LogP contribution in [-0.2, 0) is 52.7 Å². The maximum atomic E-state index is 13.2. The van der Waals surface area contributed by atoms with Gasteiger partial charge in [0.2, 0.25) is 13.8 Å². The molecule has 0 fully saturated rings. The van der Waals surface area contributed by atoms with Gasteiger partial charge in [-0.05, 0) is 125 Å². The number of phenolic OH excluding ortho intramolecular Hbond substituents is 1. The first-order valence-electron chi connectivity index (χ1n) is 31.8. The smallest absolute Gasteiger partial charge is 0.341 e. The number of hydrogen-bond donors (Lipinski definition) is 5. The maximum Gasteiger partial charge on any atom is 0.341 e. The second kappa shape index (κ2) is 49.0. The van der Waals surface area contributed by atoms with E-state index in [1.165, 1.54) is 24.3 Å². The molecular weight excluding hydrogens is 1220 g/mol. The maximum absolute atomic E-state index is 13.2. The summed E-state index contributed by atoms with van der Waals surface area (Å²) in [7, 11) is 4.87. The molecule has 0 heterocycles. The predicted octanol–water partition coefficient (Wildman–Crippen LogP) is 13.4. The highest BCUT2D eigenvalue weighted by Crippen LogP contribution is 2.22. The van der Waals surface area contributed by atoms with Crippen molar-refractivity contribution in [2.75, 3.05) is 19.8 Å². The van der Waals surface area contributed by atoms with Gasteiger partial charge in [0.05, 0.1) is 19.8 Å². The van der Waals surface area contributed by atoms with Crippen LogP contribution in [0.3, 0.4) is 0 Å². The van der Waals surface area contributed by atoms with Gasteiger partial charge < -0.3 is 50.3 Å². The number of carbonyl (C=O) groups excluding carboxylic acids is 7. The highest BCUT2D eigenvalue weighted by atomic mass is 16.6. The third kappa shape index (κ3) is 34.3. The Morgan fingerprint density at radius 1 is 0.438 bits per heavy atom. The van der Waals surface area contributed by atoms with Gasteiger partial charge in [-0.3, -0.25) is 9.59 Å². The number of phenols is 1. The largest absolute Gasteiger partial charge is 0.507 e. The summed E-state index contributed by atoms with van der Waals surface area (Å²) in [6.45, 7) is 8.04. The van der Waals surface area contributed by atoms with Gasteiger partial charge in [-0.15, -0.1) is 0 Å². The van der Waals surface area contributed by atoms with Crippen LogP contribution in [0, 0.1) is 0 Å². The number of allylic oxidation sites excluding steroid dienone is 12. The number of carbonyl (C=O) groups is 8. The third-order valence-corrected chi connectivity index (χ3v) is 13.1. The van der Waals surface area contributed by atoms with Crippen LogP contribution in [0.4, 0.5) is 4.79 Å². The first kappa shape index (κ1) is 79.6. The average Bonchev–Trinajstić information content (AvgIpc) is 1.07. The Labute approximate surface area is 565 Å². The summed E-state index contributed by atoms with van der Waals surface area (Å²) in [6, 6.07) is 44.3. The summed E-state index contributed by atoms with van der Waals surface area (Å²) in [5.74, 6) is -4.83. The second-order valence-electron chi connectivity index (χ2n) is 20.7. The lowest BCUT2D eigenvalue weighted by atomic mass is 10.0. The predicted molar refractivity (Wildman–Crippen MR) is 374 cm³/mol. The number of rotatable bonds is 33. The van der Waals surface area contributed by atoms with Crippen molar-refractivity contribution in [1.82, 2.24) is 10.6 Å². The molecule has 96 heavy (non-hydrogen) atoms. The van der Waals surface area contributed by atoms with Gasteiger partial charge >= 0.3 is 35.8 Å². The molecule has 3 unspecified atom stereocenters. The van der Waals surface area contributed by atoms with Crippen LogP contribution >= 0.6 is 0 Å². The molecular formula is C77H88BN3O15. The summed E-state index contributed by atoms with van der Waals surface area (Å²) in [5.41, 5.74) is 9.10. The first-order valence-corrected chi connectivity index (χ1v) is 31.8. The summed E-state index contributed by atoms with van der Waals surface area (Å²) in [5, 5.41) is 23.0. The van der Waals surface area contributed by atoms with E-state index in [1.807, 2.05) is 78.9 Å². The van der Waals surface area contributed by atoms with Crippen LogP contribution in [0.5, 0.6) is 17.2 Å². The van der Waals surface area contributed by atoms with E-state index in [4.69, 9.17) is 42.4 Å². The van der Waals surface area contributed by atoms with E-state index < -0.39 is 59.7 Å². The summed E-state index contributed by atoms with van der Waals surface area (Å²) in [6.07, 6.45) is 33.0. The summed E-state index contributed by atoms with van der Waals surface area (Å²) < 4.78 is 25.6. The zero-order chi connectivity index (χ0) is 70.0. The molecule has 504 valence electrons. The van der Waals surface area contributed by atoms with E-state index in [0.29, 0.717) is 19.4 Å². The molecule has 0 spiro atoms. The van der Waals surface area contributed by atoms with Gasteiger partial charge in [-0.2, -0.15) is 0 Å². The number of carboxylic acid groups (broad SMARTS) is 1. The van der Waals surface area contributed by atoms with E-state index in [2.05, 4.69) is 78.3 Å². The van der Waals surface area contributed by atoms with Crippen LogP contribution in [0.25, 0.3) is 0 Å². The monoisotopic (exact) mass is 1310 g/mol. The number of para-hydroxylation sites is 3. The number of nitrogens with two attached hydrogens (primary N) is 1. The molecule has 2 amide bonds. The van der Waals surface area contributed by atoms with Crippen LogP contribution in [0.15, 0.2) is 237 Å². The Morgan fingerprint density at radius 2 is 0.792 bits per heavy atom. The molecule has 0 saturated carbocycles. The van der Waals surface area contributed by atoms with Crippen molar-refractivity contribution in [3.8, 4) is 17.2 Å². The van der Waals surface area contributed by atoms with Crippen molar-refractivity contribution in [2.24, 2.45) is 5.73 Å². The van der Waals surface area contributed by atoms with Crippen molar-refractivity contribution in [3.63, 3.8) is 0 Å². The van der Waals surface area contributed by atoms with Crippen molar-refractivity contribution >= 4 is 55.4 Å². The minimum atomic E-state index is -1.10. The molecule has 0 aliphatic carbocycles. The fourth-order valence-electron chi connectivity index (χ4n) is 8.42. The van der Waals surface area contributed by atoms with Crippen molar-refractivity contribution in [3.05, 3.63) is 270 Å². The molecule has 6 aromatic carbocycles. The molecule has 18 nitrogen and oxygen atoms in total. The minimum absolute atomic E-state index is 0.0454. The van der Waals surface area contributed by atoms with Crippen molar-refractivity contribution in [2.45, 2.75) is 116 Å². The molecule has 6 aromatic rings. The quantitative estimate of drug-likeness (QED) is 0.00842. The molecule has 0 aliphatic rings. The topological polar surface area (TPSA) is 273 Å². The SMILES string of the molecule is CC/C=C\C/C=C\C/C=C\C/C=C\C/C=C\C/C=C\CCC(=O)NC(Cc1ccccc1)C(=O)Oc1ccccc1C(=O)OCC.CCOC(=O)c1ccccc1O.CCOC(=O)c1ccccc1OC(=O)C(N)Cc1ccccc1.[B]C(=O)NC(Cc1ccccc1)C(=O)O. The van der Waals surface area contributed by atoms with Gasteiger partial charge in [0.25, 0.3) is 0 Å². The Bertz CT molecular complexity index is 3500. The highest BCUT2D eigenvalue weighted by Gasteiger charge is 2.26. The Balaban J connectivity index is 0.000000391. The van der Waals surface area contributed by atoms with E-state index >= 15 is 0 Å². The van der Waals surface area contributed by atoms with E-state index in [-0.39, 0.29) is 72.3 Å². The van der Waals surface area contributed by atoms with Crippen molar-refractivity contribution < 1.29 is 72.3 Å². The lowest BCUT2D eigenvalue weighted by Gasteiger charge is -2.18. The Morgan fingerprint density at radius 3 is 1.20 bits per heavy atom. The van der Waals surface area contributed by atoms with Gasteiger partial charge in [0, 0.05) is 19.3 Å². The Hall–Kier alpha value is -10.7. The number of ether oxygens (including phenoxy) is 5. The highest BCUT2D eigenvalue weighted by molar-refractivity contribution is 6.57. The fourth-order valence-corrected chi connectivity index (χ4v) is 8.42. The number of benzene rings is 6. The standard InChI is InChI=1S/C40H49NO5.C18H19NO4.C10H10BNO3.C9H10O3/c1-3-5-6-7-8-9-10-11-12-13-14-15-16-17-18-19-20-21-25-32-38(42)41-36(33-34-28-23-22-24-29-34)40(44)46-37-31-27-26-30-35(37)39(43)45-4-2;1-2-22-17(20)14-10-6-7-11-16(14)23-18(21)15(19)12-13-8-4-3-5-9-13;11-10(15)12-8(9(13)14)6-7-4-2-1-3-5-7;1-2-12-9(11)7-5-3-4-6-8(7)10/h5-6,8-9,11-12,14-15,17-18,20-24,26-31,36H,3-4,7,10,13,16,19,25,32-33H2,1-2H3,(H,41,42);3-11,15H,2,12,19H2,1H3;1-5,8H,6H2,(H,12,15)(H,13,14);3-6,10H,2H2,1H3/b6-5-,9-8-,12-11-,15-14-,18-17-,21-20-;;;. The number of esters is 5. The lowest BCUT2D eigenvalue weighted by molar-refractivity contribution is -0.139. The normalized spacial score (nSPS) is 11.8. The molecule has 3 atom stereocenters. The molecule has 0 bridgehead atoms. The van der Waals surface area contributed by atoms with Gasteiger partial charge in [0.1, 0.15) is 52.1 Å². The zero-order valence-corrected chi connectivity index (χ0v) is 55.0. The van der Waals surface area contributed by atoms with Crippen LogP contribution in [0.2, 0.25) is 0 Å². The number of nitrogens with one attached hydrogen (secondary N) is 2. The summed E-state index contributed by atoms with van der Waals surface area (Å²) >= 11 is 0. The molecule has 0 aromatic heterocycles. The Kier molecular flexibility index (Phi) is 40.6. The van der Waals surface area contributed by atoms with E-state index in [1.54, 1.807) is 93.6 Å². The van der Waals surface area contributed by atoms with Crippen LogP contribution in [0.1, 0.15) is 127 Å². The fraction of sp³-hybridized carbons (Fsp3) is 0.273. The number of hydrogen-bond acceptors (Lipinski definition) is 15. The minimum Gasteiger partial charge on any atom is -0.507 e. The molecule has 6 rings (SSSR count). The lowest BCUT2D eigenvalue weighted by Crippen LogP contribution is -2.44. The van der Waals surface area contributed by atoms with Crippen molar-refractivity contribution in [1.29, 1.82) is 0 Å². The molecule has 6 N–H and O–H groups in total. The second-order valence-corrected chi connectivity index (χ2v) is 20.7. The number of aromatic hydroxyl groups is 1. The van der Waals surface area contributed by atoms with E-state index in [0.717, 1.165) is 55.2 Å². The number of aliphatic carboxylic acids is 1. The number of amides is 2. The van der Waals surface area contributed by atoms with E-state index in [9.17, 15) is 43.5 Å². The molecule has 2 radical (unpaired) electrons. The number of carboxylic acids is 1. The average molecular weight is 1310 g/mol. The van der Waals surface area contributed by atoms with Gasteiger partial charge in [-0.25, -0.2) is 28.8 Å². The molecule has 0 saturated heterocycles. The van der Waals surface area contributed by atoms with Gasteiger partial charge in [0.15, 0.2) is 5.81 Å². The van der Waals surface area contributed by atoms with Crippen LogP contribution in [-0.4, -0.2) is 104 Å². The third-order valence-electron chi connectivity index (χ3n) is 13.1. The summed E-state index contributed by atoms with van der Waals surface area (Å²) in [4.78, 5) is 94.7. The van der Waals surface area contributed by atoms with Gasteiger partial charge in [-0.1, -0.05) is 207 Å². The molecule has 0 aliphatic heterocycles. The zero-order valence-electron chi connectivity index (χ0n) is 55.0.